The lowest BCUT2D eigenvalue weighted by Gasteiger charge is -2.13. The van der Waals surface area contributed by atoms with Gasteiger partial charge in [0.2, 0.25) is 0 Å². The molecule has 0 saturated carbocycles. The zero-order valence-electron chi connectivity index (χ0n) is 18.2. The highest BCUT2D eigenvalue weighted by atomic mass is 16.5. The van der Waals surface area contributed by atoms with E-state index in [1.165, 1.54) is 12.3 Å². The molecule has 7 heteroatoms. The summed E-state index contributed by atoms with van der Waals surface area (Å²) < 4.78 is 22.1. The summed E-state index contributed by atoms with van der Waals surface area (Å²) in [4.78, 5) is 24.6. The number of benzene rings is 3. The standard InChI is InChI=1S/C26H22O7/c1-3-30-17-7-5-16(6-8-17)26(29)33-19-14-22(20-11-12-32-24(20)15-19)23-13-18(31-4-2)9-10-21(23)25(27)28/h5-15H,3-4H2,1-2H3,(H,27,28). The van der Waals surface area contributed by atoms with E-state index in [1.54, 1.807) is 54.6 Å². The van der Waals surface area contributed by atoms with E-state index in [9.17, 15) is 14.7 Å². The van der Waals surface area contributed by atoms with Crippen LogP contribution in [0.1, 0.15) is 34.6 Å². The number of rotatable bonds is 8. The predicted octanol–water partition coefficient (Wildman–Crippen LogP) is 5.81. The fourth-order valence-corrected chi connectivity index (χ4v) is 3.54. The highest BCUT2D eigenvalue weighted by Gasteiger charge is 2.19. The first-order chi connectivity index (χ1) is 16.0. The number of carboxylic acid groups (broad SMARTS) is 1. The minimum Gasteiger partial charge on any atom is -0.494 e. The molecule has 0 saturated heterocycles. The number of hydrogen-bond donors (Lipinski definition) is 1. The zero-order chi connectivity index (χ0) is 23.4. The molecule has 1 N–H and O–H groups in total. The summed E-state index contributed by atoms with van der Waals surface area (Å²) in [5.41, 5.74) is 1.88. The van der Waals surface area contributed by atoms with E-state index >= 15 is 0 Å². The van der Waals surface area contributed by atoms with E-state index in [0.29, 0.717) is 52.4 Å². The van der Waals surface area contributed by atoms with Crippen LogP contribution in [0, 0.1) is 0 Å². The van der Waals surface area contributed by atoms with Gasteiger partial charge in [-0.15, -0.1) is 0 Å². The summed E-state index contributed by atoms with van der Waals surface area (Å²) in [6.45, 7) is 4.69. The van der Waals surface area contributed by atoms with Gasteiger partial charge in [-0.1, -0.05) is 0 Å². The molecule has 0 aliphatic carbocycles. The second-order valence-corrected chi connectivity index (χ2v) is 7.10. The van der Waals surface area contributed by atoms with Gasteiger partial charge in [0.15, 0.2) is 0 Å². The van der Waals surface area contributed by atoms with Gasteiger partial charge in [0.25, 0.3) is 0 Å². The molecule has 1 heterocycles. The maximum Gasteiger partial charge on any atom is 0.343 e. The third kappa shape index (κ3) is 4.67. The molecular weight excluding hydrogens is 424 g/mol. The van der Waals surface area contributed by atoms with E-state index in [1.807, 2.05) is 13.8 Å². The summed E-state index contributed by atoms with van der Waals surface area (Å²) in [6, 6.07) is 16.3. The van der Waals surface area contributed by atoms with Crippen molar-refractivity contribution in [1.29, 1.82) is 0 Å². The number of carboxylic acids is 1. The highest BCUT2D eigenvalue weighted by molar-refractivity contribution is 6.04. The number of carbonyl (C=O) groups excluding carboxylic acids is 1. The van der Waals surface area contributed by atoms with Crippen LogP contribution in [0.15, 0.2) is 71.3 Å². The maximum atomic E-state index is 12.7. The molecule has 0 radical (unpaired) electrons. The Labute approximate surface area is 190 Å². The fourth-order valence-electron chi connectivity index (χ4n) is 3.54. The van der Waals surface area contributed by atoms with Crippen molar-refractivity contribution in [2.45, 2.75) is 13.8 Å². The number of hydrogen-bond acceptors (Lipinski definition) is 6. The van der Waals surface area contributed by atoms with Gasteiger partial charge in [-0.25, -0.2) is 9.59 Å². The quantitative estimate of drug-likeness (QED) is 0.269. The Hall–Kier alpha value is -4.26. The molecule has 0 fully saturated rings. The molecule has 7 nitrogen and oxygen atoms in total. The molecule has 0 unspecified atom stereocenters. The third-order valence-electron chi connectivity index (χ3n) is 4.98. The molecule has 0 atom stereocenters. The molecular formula is C26H22O7. The van der Waals surface area contributed by atoms with Crippen LogP contribution in [0.4, 0.5) is 0 Å². The summed E-state index contributed by atoms with van der Waals surface area (Å²) in [5, 5.41) is 10.4. The number of ether oxygens (including phenoxy) is 3. The average molecular weight is 446 g/mol. The molecule has 3 aromatic carbocycles. The van der Waals surface area contributed by atoms with Crippen LogP contribution >= 0.6 is 0 Å². The summed E-state index contributed by atoms with van der Waals surface area (Å²) in [5.74, 6) is -0.225. The first-order valence-electron chi connectivity index (χ1n) is 10.5. The van der Waals surface area contributed by atoms with Crippen LogP contribution in [0.3, 0.4) is 0 Å². The van der Waals surface area contributed by atoms with Gasteiger partial charge in [0.1, 0.15) is 22.8 Å². The minimum atomic E-state index is -1.08. The number of carbonyl (C=O) groups is 2. The summed E-state index contributed by atoms with van der Waals surface area (Å²) in [6.07, 6.45) is 1.50. The SMILES string of the molecule is CCOc1ccc(C(=O)Oc2cc(-c3cc(OCC)ccc3C(=O)O)c3ccoc3c2)cc1. The first-order valence-corrected chi connectivity index (χ1v) is 10.5. The van der Waals surface area contributed by atoms with E-state index in [2.05, 4.69) is 0 Å². The van der Waals surface area contributed by atoms with Crippen molar-refractivity contribution in [3.8, 4) is 28.4 Å². The van der Waals surface area contributed by atoms with Gasteiger partial charge in [0.05, 0.1) is 30.6 Å². The average Bonchev–Trinajstić information content (AvgIpc) is 3.28. The molecule has 168 valence electrons. The van der Waals surface area contributed by atoms with Crippen LogP contribution in [-0.2, 0) is 0 Å². The van der Waals surface area contributed by atoms with Gasteiger partial charge >= 0.3 is 11.9 Å². The van der Waals surface area contributed by atoms with Gasteiger partial charge in [0, 0.05) is 17.0 Å². The van der Waals surface area contributed by atoms with Crippen LogP contribution in [0.25, 0.3) is 22.1 Å². The Kier molecular flexibility index (Phi) is 6.31. The molecule has 0 amide bonds. The smallest absolute Gasteiger partial charge is 0.343 e. The molecule has 4 rings (SSSR count). The largest absolute Gasteiger partial charge is 0.494 e. The van der Waals surface area contributed by atoms with Crippen molar-refractivity contribution in [3.05, 3.63) is 78.1 Å². The molecule has 4 aromatic rings. The lowest BCUT2D eigenvalue weighted by atomic mass is 9.96. The van der Waals surface area contributed by atoms with Crippen LogP contribution in [-0.4, -0.2) is 30.3 Å². The van der Waals surface area contributed by atoms with Crippen molar-refractivity contribution in [2.24, 2.45) is 0 Å². The highest BCUT2D eigenvalue weighted by Crippen LogP contribution is 2.37. The fraction of sp³-hybridized carbons (Fsp3) is 0.154. The van der Waals surface area contributed by atoms with Crippen molar-refractivity contribution in [1.82, 2.24) is 0 Å². The van der Waals surface area contributed by atoms with Crippen molar-refractivity contribution < 1.29 is 33.3 Å². The number of esters is 1. The second kappa shape index (κ2) is 9.48. The molecule has 0 spiro atoms. The van der Waals surface area contributed by atoms with Gasteiger partial charge in [-0.3, -0.25) is 0 Å². The van der Waals surface area contributed by atoms with Gasteiger partial charge in [-0.2, -0.15) is 0 Å². The lowest BCUT2D eigenvalue weighted by molar-refractivity contribution is 0.0694. The zero-order valence-corrected chi connectivity index (χ0v) is 18.2. The Bertz CT molecular complexity index is 1300. The number of aromatic carboxylic acids is 1. The predicted molar refractivity (Wildman–Crippen MR) is 122 cm³/mol. The molecule has 33 heavy (non-hydrogen) atoms. The maximum absolute atomic E-state index is 12.7. The van der Waals surface area contributed by atoms with Crippen molar-refractivity contribution in [3.63, 3.8) is 0 Å². The van der Waals surface area contributed by atoms with E-state index < -0.39 is 11.9 Å². The summed E-state index contributed by atoms with van der Waals surface area (Å²) in [7, 11) is 0. The number of fused-ring (bicyclic) bond motifs is 1. The molecule has 0 aliphatic rings. The molecule has 1 aromatic heterocycles. The summed E-state index contributed by atoms with van der Waals surface area (Å²) >= 11 is 0. The van der Waals surface area contributed by atoms with E-state index in [4.69, 9.17) is 18.6 Å². The normalized spacial score (nSPS) is 10.7. The van der Waals surface area contributed by atoms with E-state index in [-0.39, 0.29) is 11.3 Å². The van der Waals surface area contributed by atoms with Gasteiger partial charge < -0.3 is 23.7 Å². The Balaban J connectivity index is 1.74. The molecule has 0 bridgehead atoms. The Morgan fingerprint density at radius 2 is 1.48 bits per heavy atom. The lowest BCUT2D eigenvalue weighted by Crippen LogP contribution is -2.08. The van der Waals surface area contributed by atoms with Gasteiger partial charge in [-0.05, 0) is 74.0 Å². The molecule has 0 aliphatic heterocycles. The number of furan rings is 1. The van der Waals surface area contributed by atoms with Crippen molar-refractivity contribution >= 4 is 22.9 Å². The van der Waals surface area contributed by atoms with Crippen LogP contribution < -0.4 is 14.2 Å². The monoisotopic (exact) mass is 446 g/mol. The van der Waals surface area contributed by atoms with Crippen LogP contribution in [0.2, 0.25) is 0 Å². The Morgan fingerprint density at radius 1 is 0.818 bits per heavy atom. The van der Waals surface area contributed by atoms with Crippen molar-refractivity contribution in [2.75, 3.05) is 13.2 Å². The van der Waals surface area contributed by atoms with Crippen LogP contribution in [0.5, 0.6) is 17.2 Å². The second-order valence-electron chi connectivity index (χ2n) is 7.10. The third-order valence-corrected chi connectivity index (χ3v) is 4.98. The van der Waals surface area contributed by atoms with E-state index in [0.717, 1.165) is 0 Å². The Morgan fingerprint density at radius 3 is 2.18 bits per heavy atom. The topological polar surface area (TPSA) is 95.2 Å². The minimum absolute atomic E-state index is 0.0935. The first kappa shape index (κ1) is 22.0.